The van der Waals surface area contributed by atoms with Crippen molar-refractivity contribution in [3.8, 4) is 5.69 Å². The number of aromatic nitrogens is 2. The highest BCUT2D eigenvalue weighted by Crippen LogP contribution is 2.27. The first-order valence-corrected chi connectivity index (χ1v) is 10.9. The van der Waals surface area contributed by atoms with Crippen LogP contribution in [0, 0.1) is 0 Å². The van der Waals surface area contributed by atoms with Crippen molar-refractivity contribution >= 4 is 11.7 Å². The molecule has 0 saturated carbocycles. The average Bonchev–Trinajstić information content (AvgIpc) is 3.29. The van der Waals surface area contributed by atoms with E-state index in [1.807, 2.05) is 52.9 Å². The molecule has 3 aromatic rings. The summed E-state index contributed by atoms with van der Waals surface area (Å²) in [5.41, 5.74) is 2.36. The Morgan fingerprint density at radius 1 is 1.00 bits per heavy atom. The predicted octanol–water partition coefficient (Wildman–Crippen LogP) is 4.32. The lowest BCUT2D eigenvalue weighted by Gasteiger charge is -2.38. The molecule has 5 heteroatoms. The van der Waals surface area contributed by atoms with Gasteiger partial charge in [-0.2, -0.15) is 5.10 Å². The number of carbonyl (C=O) groups is 1. The smallest absolute Gasteiger partial charge is 0.228 e. The zero-order valence-corrected chi connectivity index (χ0v) is 17.7. The lowest BCUT2D eigenvalue weighted by atomic mass is 10.0. The van der Waals surface area contributed by atoms with Gasteiger partial charge >= 0.3 is 0 Å². The van der Waals surface area contributed by atoms with Gasteiger partial charge in [-0.1, -0.05) is 55.5 Å². The van der Waals surface area contributed by atoms with E-state index in [-0.39, 0.29) is 11.9 Å². The fourth-order valence-corrected chi connectivity index (χ4v) is 4.27. The zero-order chi connectivity index (χ0) is 20.8. The molecule has 1 fully saturated rings. The number of benzene rings is 2. The predicted molar refractivity (Wildman–Crippen MR) is 121 cm³/mol. The molecule has 1 aliphatic rings. The molecule has 0 unspecified atom stereocenters. The number of rotatable bonds is 7. The van der Waals surface area contributed by atoms with Crippen LogP contribution in [0.1, 0.15) is 31.7 Å². The summed E-state index contributed by atoms with van der Waals surface area (Å²) in [6, 6.07) is 22.9. The molecular weight excluding hydrogens is 372 g/mol. The molecule has 1 aromatic heterocycles. The monoisotopic (exact) mass is 402 g/mol. The Morgan fingerprint density at radius 2 is 1.67 bits per heavy atom. The molecule has 2 heterocycles. The summed E-state index contributed by atoms with van der Waals surface area (Å²) in [5, 5.41) is 4.51. The third-order valence-electron chi connectivity index (χ3n) is 5.92. The summed E-state index contributed by atoms with van der Waals surface area (Å²) in [6.45, 7) is 5.04. The molecule has 1 saturated heterocycles. The van der Waals surface area contributed by atoms with Crippen LogP contribution in [0.25, 0.3) is 5.69 Å². The van der Waals surface area contributed by atoms with Crippen molar-refractivity contribution in [1.82, 2.24) is 14.7 Å². The summed E-state index contributed by atoms with van der Waals surface area (Å²) < 4.78 is 1.88. The van der Waals surface area contributed by atoms with E-state index in [1.54, 1.807) is 6.20 Å². The molecule has 156 valence electrons. The summed E-state index contributed by atoms with van der Waals surface area (Å²) in [7, 11) is 0. The molecule has 30 heavy (non-hydrogen) atoms. The van der Waals surface area contributed by atoms with Crippen molar-refractivity contribution < 1.29 is 4.79 Å². The second-order valence-corrected chi connectivity index (χ2v) is 7.86. The van der Waals surface area contributed by atoms with Crippen LogP contribution in [0.3, 0.4) is 0 Å². The first-order chi connectivity index (χ1) is 14.8. The van der Waals surface area contributed by atoms with Crippen LogP contribution in [-0.4, -0.2) is 46.3 Å². The van der Waals surface area contributed by atoms with Gasteiger partial charge in [0.15, 0.2) is 0 Å². The number of hydrogen-bond donors (Lipinski definition) is 0. The Balaban J connectivity index is 1.45. The van der Waals surface area contributed by atoms with E-state index in [9.17, 15) is 4.79 Å². The fraction of sp³-hybridized carbons (Fsp3) is 0.360. The molecule has 0 bridgehead atoms. The Bertz CT molecular complexity index is 930. The SMILES string of the molecule is CCC(=O)N(c1ccnn1-c1ccccc1)C1CCN(CCc2ccccc2)CC1. The van der Waals surface area contributed by atoms with Crippen molar-refractivity contribution in [2.24, 2.45) is 0 Å². The normalized spacial score (nSPS) is 15.2. The number of amides is 1. The number of hydrogen-bond acceptors (Lipinski definition) is 3. The minimum Gasteiger partial charge on any atom is -0.303 e. The van der Waals surface area contributed by atoms with Crippen molar-refractivity contribution in [3.05, 3.63) is 78.5 Å². The Kier molecular flexibility index (Phi) is 6.60. The van der Waals surface area contributed by atoms with Crippen LogP contribution in [-0.2, 0) is 11.2 Å². The first-order valence-electron chi connectivity index (χ1n) is 10.9. The van der Waals surface area contributed by atoms with Crippen LogP contribution in [0.5, 0.6) is 0 Å². The third kappa shape index (κ3) is 4.62. The minimum atomic E-state index is 0.162. The maximum Gasteiger partial charge on any atom is 0.228 e. The zero-order valence-electron chi connectivity index (χ0n) is 17.7. The molecular formula is C25H30N4O. The molecule has 5 nitrogen and oxygen atoms in total. The van der Waals surface area contributed by atoms with E-state index in [2.05, 4.69) is 40.3 Å². The summed E-state index contributed by atoms with van der Waals surface area (Å²) in [4.78, 5) is 17.5. The van der Waals surface area contributed by atoms with Gasteiger partial charge in [-0.05, 0) is 37.0 Å². The van der Waals surface area contributed by atoms with E-state index < -0.39 is 0 Å². The van der Waals surface area contributed by atoms with Gasteiger partial charge in [0.05, 0.1) is 11.9 Å². The Hall–Kier alpha value is -2.92. The number of piperidine rings is 1. The molecule has 0 atom stereocenters. The Morgan fingerprint density at radius 3 is 2.33 bits per heavy atom. The molecule has 4 rings (SSSR count). The summed E-state index contributed by atoms with van der Waals surface area (Å²) in [6.07, 6.45) is 5.33. The topological polar surface area (TPSA) is 41.4 Å². The average molecular weight is 403 g/mol. The third-order valence-corrected chi connectivity index (χ3v) is 5.92. The molecule has 0 N–H and O–H groups in total. The number of likely N-dealkylation sites (tertiary alicyclic amines) is 1. The van der Waals surface area contributed by atoms with Gasteiger partial charge in [-0.3, -0.25) is 9.69 Å². The number of anilines is 1. The van der Waals surface area contributed by atoms with Crippen molar-refractivity contribution in [2.75, 3.05) is 24.5 Å². The molecule has 0 aliphatic carbocycles. The highest BCUT2D eigenvalue weighted by molar-refractivity contribution is 5.93. The standard InChI is InChI=1S/C25H30N4O/c1-2-25(30)28(24-13-17-26-29(24)23-11-7-4-8-12-23)22-15-19-27(20-16-22)18-14-21-9-5-3-6-10-21/h3-13,17,22H,2,14-16,18-20H2,1H3. The number of para-hydroxylation sites is 1. The highest BCUT2D eigenvalue weighted by Gasteiger charge is 2.30. The number of nitrogens with zero attached hydrogens (tertiary/aromatic N) is 4. The largest absolute Gasteiger partial charge is 0.303 e. The molecule has 1 aliphatic heterocycles. The van der Waals surface area contributed by atoms with Crippen LogP contribution >= 0.6 is 0 Å². The van der Waals surface area contributed by atoms with Gasteiger partial charge in [-0.25, -0.2) is 4.68 Å². The van der Waals surface area contributed by atoms with E-state index in [4.69, 9.17) is 0 Å². The second kappa shape index (κ2) is 9.72. The highest BCUT2D eigenvalue weighted by atomic mass is 16.2. The van der Waals surface area contributed by atoms with Gasteiger partial charge in [0.1, 0.15) is 5.82 Å². The van der Waals surface area contributed by atoms with E-state index in [1.165, 1.54) is 5.56 Å². The van der Waals surface area contributed by atoms with Gasteiger partial charge in [-0.15, -0.1) is 0 Å². The maximum absolute atomic E-state index is 13.0. The van der Waals surface area contributed by atoms with Gasteiger partial charge in [0, 0.05) is 38.2 Å². The van der Waals surface area contributed by atoms with E-state index in [0.717, 1.165) is 50.4 Å². The minimum absolute atomic E-state index is 0.162. The van der Waals surface area contributed by atoms with Crippen LogP contribution in [0.2, 0.25) is 0 Å². The van der Waals surface area contributed by atoms with Crippen LogP contribution in [0.4, 0.5) is 5.82 Å². The van der Waals surface area contributed by atoms with Crippen LogP contribution in [0.15, 0.2) is 72.9 Å². The van der Waals surface area contributed by atoms with E-state index in [0.29, 0.717) is 6.42 Å². The first kappa shape index (κ1) is 20.4. The lowest BCUT2D eigenvalue weighted by molar-refractivity contribution is -0.119. The summed E-state index contributed by atoms with van der Waals surface area (Å²) >= 11 is 0. The Labute approximate surface area is 178 Å². The molecule has 0 radical (unpaired) electrons. The van der Waals surface area contributed by atoms with E-state index >= 15 is 0 Å². The van der Waals surface area contributed by atoms with Crippen molar-refractivity contribution in [3.63, 3.8) is 0 Å². The van der Waals surface area contributed by atoms with Gasteiger partial charge < -0.3 is 4.90 Å². The van der Waals surface area contributed by atoms with Crippen molar-refractivity contribution in [1.29, 1.82) is 0 Å². The molecule has 0 spiro atoms. The quantitative estimate of drug-likeness (QED) is 0.591. The fourth-order valence-electron chi connectivity index (χ4n) is 4.27. The summed E-state index contributed by atoms with van der Waals surface area (Å²) in [5.74, 6) is 1.03. The van der Waals surface area contributed by atoms with Gasteiger partial charge in [0.2, 0.25) is 5.91 Å². The molecule has 1 amide bonds. The lowest BCUT2D eigenvalue weighted by Crippen LogP contribution is -2.48. The second-order valence-electron chi connectivity index (χ2n) is 7.86. The van der Waals surface area contributed by atoms with Gasteiger partial charge in [0.25, 0.3) is 0 Å². The van der Waals surface area contributed by atoms with Crippen molar-refractivity contribution in [2.45, 2.75) is 38.6 Å². The molecule has 2 aromatic carbocycles. The maximum atomic E-state index is 13.0. The van der Waals surface area contributed by atoms with Crippen LogP contribution < -0.4 is 4.90 Å². The number of carbonyl (C=O) groups excluding carboxylic acids is 1.